The van der Waals surface area contributed by atoms with Crippen molar-refractivity contribution in [2.24, 2.45) is 97.6 Å². The lowest BCUT2D eigenvalue weighted by molar-refractivity contribution is -0.217. The molecule has 27 atom stereocenters. The minimum Gasteiger partial charge on any atom is -0.462 e. The van der Waals surface area contributed by atoms with E-state index in [1.807, 2.05) is 90.0 Å². The van der Waals surface area contributed by atoms with Crippen LogP contribution in [-0.4, -0.2) is 210 Å². The summed E-state index contributed by atoms with van der Waals surface area (Å²) in [7, 11) is 0. The van der Waals surface area contributed by atoms with Crippen molar-refractivity contribution in [1.82, 2.24) is 0 Å². The van der Waals surface area contributed by atoms with Crippen LogP contribution < -0.4 is 0 Å². The number of carbonyl (C=O) groups is 14. The van der Waals surface area contributed by atoms with Crippen molar-refractivity contribution in [3.05, 3.63) is 0 Å². The first kappa shape index (κ1) is 100. The fourth-order valence-electron chi connectivity index (χ4n) is 21.0. The first-order chi connectivity index (χ1) is 59.6. The first-order valence-corrected chi connectivity index (χ1v) is 46.2. The molecule has 19 fully saturated rings. The fraction of sp³-hybridized carbons (Fsp3) is 0.840. The highest BCUT2D eigenvalue weighted by atomic mass is 16.9. The van der Waals surface area contributed by atoms with E-state index in [0.29, 0.717) is 83.0 Å². The largest absolute Gasteiger partial charge is 0.462 e. The van der Waals surface area contributed by atoms with Gasteiger partial charge in [-0.1, -0.05) is 48.5 Å². The normalized spacial score (nSPS) is 36.9. The molecule has 12 bridgehead atoms. The SMILES string of the molecule is CCC(C)(C)C(=O)OC12CC3CC(C1)OC(=O)C(C3)C2.CCC(C)(C)C(=O)OC12CC3CC(O)(CC(C1)C(=O)O3)C2.CCC(C)(C)C(=O)OC1C(=O)OC2C3OC(C)(C)OC3OC12.CCC(C)(C)C(=O)OC1C(=O)OC2CCCC21.CCC(C)(C)C(=O)OCC(=O)OC1C2CC3C(=O)OC1C3C2.CCC(C)(C)C(=O)OCC(=O)OC1C2CC3C1OC(=O)C3C2C.O=C=O. The molecule has 0 aromatic heterocycles. The molecule has 19 rings (SSSR count). The van der Waals surface area contributed by atoms with Crippen LogP contribution in [0.15, 0.2) is 0 Å². The lowest BCUT2D eigenvalue weighted by Crippen LogP contribution is -2.57. The molecule has 0 aromatic rings. The molecule has 128 heavy (non-hydrogen) atoms. The Morgan fingerprint density at radius 3 is 1.49 bits per heavy atom. The molecule has 0 amide bonds. The van der Waals surface area contributed by atoms with Gasteiger partial charge in [0.05, 0.1) is 61.8 Å². The first-order valence-electron chi connectivity index (χ1n) is 46.2. The standard InChI is InChI=1S/C17H24O6.C16H22O6.C16H24O5.C16H24O4.C15H22O7.C13H20O4.CO2/c1-5-17(3,4)16(20)21-7-11(18)22-13-9-6-10-12(8(9)2)15(19)23-14(10)13;1-4-16(2,3)15(19)20-7-11(17)21-12-8-5-9-10(6-8)14(18)22-13(9)12;1-4-14(2,3)13(18)21-16-6-10-5-15(19,9-16)7-11(8-16)20-12(10)17;1-4-15(2,3)14(18)20-16-7-10-5-11(8-16)13(17)19-12(6-10)9-16;1-6-14(2,3)13(17)20-9-7-8(18-11(9)16)10-12(19-7)22-15(4,5)21-10;1-4-13(2,3)12(15)17-10-8-6-5-7-9(8)16-11(10)14;2-1-3/h8-10,12-14H,5-7H2,1-4H3;8-10,12-13H,4-7H2,1-3H3;10-11,19H,4-9H2,1-3H3;10-12H,4-9H2,1-3H3;7-10,12H,6H2,1-5H3;8-10H,4-7H2,1-3H3;. The average Bonchev–Trinajstić information content (AvgIpc) is 1.54. The monoisotopic (exact) mass is 1810 g/mol. The van der Waals surface area contributed by atoms with E-state index in [-0.39, 0.29) is 156 Å². The molecule has 9 saturated carbocycles. The minimum atomic E-state index is -1.07. The van der Waals surface area contributed by atoms with Gasteiger partial charge in [0, 0.05) is 68.1 Å². The highest BCUT2D eigenvalue weighted by molar-refractivity contribution is 5.86. The second-order valence-corrected chi connectivity index (χ2v) is 42.8. The maximum Gasteiger partial charge on any atom is 0.373 e. The summed E-state index contributed by atoms with van der Waals surface area (Å²) in [6.45, 7) is 38.2. The van der Waals surface area contributed by atoms with Gasteiger partial charge in [0.2, 0.25) is 12.2 Å². The summed E-state index contributed by atoms with van der Waals surface area (Å²) >= 11 is 0. The van der Waals surface area contributed by atoms with Gasteiger partial charge in [-0.2, -0.15) is 9.59 Å². The second kappa shape index (κ2) is 38.2. The van der Waals surface area contributed by atoms with Gasteiger partial charge in [-0.05, 0) is 212 Å². The van der Waals surface area contributed by atoms with Gasteiger partial charge in [0.1, 0.15) is 60.0 Å². The van der Waals surface area contributed by atoms with Crippen LogP contribution in [0.1, 0.15) is 287 Å². The van der Waals surface area contributed by atoms with E-state index in [2.05, 4.69) is 0 Å². The number of hydrogen-bond donors (Lipinski definition) is 1. The number of aliphatic hydroxyl groups is 1. The molecule has 27 unspecified atom stereocenters. The number of rotatable bonds is 22. The Balaban J connectivity index is 0.000000148. The van der Waals surface area contributed by atoms with Crippen molar-refractivity contribution >= 4 is 89.7 Å². The van der Waals surface area contributed by atoms with E-state index in [1.165, 1.54) is 0 Å². The van der Waals surface area contributed by atoms with E-state index in [9.17, 15) is 72.2 Å². The van der Waals surface area contributed by atoms with Crippen molar-refractivity contribution in [3.63, 3.8) is 0 Å². The smallest absolute Gasteiger partial charge is 0.373 e. The van der Waals surface area contributed by atoms with Crippen LogP contribution in [0, 0.1) is 97.6 Å². The van der Waals surface area contributed by atoms with Gasteiger partial charge >= 0.3 is 89.7 Å². The van der Waals surface area contributed by atoms with Crippen LogP contribution in [0.2, 0.25) is 0 Å². The summed E-state index contributed by atoms with van der Waals surface area (Å²) in [4.78, 5) is 184. The van der Waals surface area contributed by atoms with Crippen molar-refractivity contribution in [1.29, 1.82) is 0 Å². The fourth-order valence-corrected chi connectivity index (χ4v) is 21.0. The van der Waals surface area contributed by atoms with Gasteiger partial charge in [0.15, 0.2) is 37.5 Å². The minimum absolute atomic E-state index is 0.00636. The molecule has 34 nitrogen and oxygen atoms in total. The number of carbonyl (C=O) groups excluding carboxylic acids is 16. The summed E-state index contributed by atoms with van der Waals surface area (Å²) < 4.78 is 92.8. The third kappa shape index (κ3) is 21.3. The predicted octanol–water partition coefficient (Wildman–Crippen LogP) is 10.6. The molecule has 10 aliphatic heterocycles. The van der Waals surface area contributed by atoms with Crippen molar-refractivity contribution in [3.8, 4) is 0 Å². The van der Waals surface area contributed by atoms with Crippen LogP contribution in [0.3, 0.4) is 0 Å². The molecule has 0 spiro atoms. The Kier molecular flexibility index (Phi) is 29.9. The molecular formula is C94H136O34. The number of esters is 14. The van der Waals surface area contributed by atoms with Crippen LogP contribution in [0.5, 0.6) is 0 Å². The van der Waals surface area contributed by atoms with Crippen LogP contribution in [0.4, 0.5) is 0 Å². The Labute approximate surface area is 748 Å². The average molecular weight is 1810 g/mol. The Hall–Kier alpha value is -8.20. The Morgan fingerprint density at radius 1 is 0.430 bits per heavy atom. The molecule has 9 aliphatic carbocycles. The molecule has 19 aliphatic rings. The maximum absolute atomic E-state index is 12.4. The Morgan fingerprint density at radius 2 is 0.914 bits per heavy atom. The molecular weight excluding hydrogens is 1670 g/mol. The van der Waals surface area contributed by atoms with Crippen molar-refractivity contribution in [2.45, 2.75) is 389 Å². The summed E-state index contributed by atoms with van der Waals surface area (Å²) in [5.74, 6) is -4.51. The second-order valence-electron chi connectivity index (χ2n) is 42.8. The lowest BCUT2D eigenvalue weighted by atomic mass is 9.62. The van der Waals surface area contributed by atoms with E-state index in [0.717, 1.165) is 64.2 Å². The predicted molar refractivity (Wildman–Crippen MR) is 439 cm³/mol. The summed E-state index contributed by atoms with van der Waals surface area (Å²) in [6.07, 6.45) is 10.1. The van der Waals surface area contributed by atoms with E-state index in [4.69, 9.17) is 90.1 Å². The Bertz CT molecular complexity index is 4240. The van der Waals surface area contributed by atoms with Crippen LogP contribution >= 0.6 is 0 Å². The lowest BCUT2D eigenvalue weighted by Gasteiger charge is -2.50. The topological polar surface area (TPSA) is 450 Å². The maximum atomic E-state index is 12.4. The molecule has 34 heteroatoms. The molecule has 10 saturated heterocycles. The number of fused-ring (bicyclic) bond motifs is 8. The van der Waals surface area contributed by atoms with E-state index < -0.39 is 140 Å². The summed E-state index contributed by atoms with van der Waals surface area (Å²) in [6, 6.07) is 0. The van der Waals surface area contributed by atoms with Crippen molar-refractivity contribution in [2.75, 3.05) is 13.2 Å². The zero-order valence-corrected chi connectivity index (χ0v) is 78.2. The van der Waals surface area contributed by atoms with Crippen LogP contribution in [-0.2, 0) is 157 Å². The van der Waals surface area contributed by atoms with Gasteiger partial charge in [-0.15, -0.1) is 0 Å². The highest BCUT2D eigenvalue weighted by Crippen LogP contribution is 2.60. The zero-order valence-electron chi connectivity index (χ0n) is 78.2. The third-order valence-corrected chi connectivity index (χ3v) is 30.9. The summed E-state index contributed by atoms with van der Waals surface area (Å²) in [5.41, 5.74) is -5.55. The third-order valence-electron chi connectivity index (χ3n) is 30.9. The highest BCUT2D eigenvalue weighted by Gasteiger charge is 2.69. The van der Waals surface area contributed by atoms with Gasteiger partial charge in [0.25, 0.3) is 0 Å². The van der Waals surface area contributed by atoms with Crippen LogP contribution in [0.25, 0.3) is 0 Å². The molecule has 0 aromatic carbocycles. The number of ether oxygens (including phenoxy) is 17. The van der Waals surface area contributed by atoms with Crippen molar-refractivity contribution < 1.29 is 162 Å². The molecule has 716 valence electrons. The van der Waals surface area contributed by atoms with E-state index >= 15 is 0 Å². The quantitative estimate of drug-likeness (QED) is 0.0777. The summed E-state index contributed by atoms with van der Waals surface area (Å²) in [5, 5.41) is 10.7. The van der Waals surface area contributed by atoms with E-state index in [1.54, 1.807) is 55.4 Å². The van der Waals surface area contributed by atoms with Gasteiger partial charge in [-0.25, -0.2) is 19.2 Å². The number of hydrogen-bond acceptors (Lipinski definition) is 34. The molecule has 10 heterocycles. The molecule has 0 radical (unpaired) electrons. The van der Waals surface area contributed by atoms with Gasteiger partial charge in [-0.3, -0.25) is 47.9 Å². The zero-order chi connectivity index (χ0) is 94.6. The molecule has 1 N–H and O–H groups in total. The van der Waals surface area contributed by atoms with Gasteiger partial charge < -0.3 is 85.6 Å².